The Labute approximate surface area is 162 Å². The van der Waals surface area contributed by atoms with Crippen molar-refractivity contribution in [3.63, 3.8) is 0 Å². The maximum Gasteiger partial charge on any atom is 0.254 e. The zero-order valence-electron chi connectivity index (χ0n) is 15.1. The molecule has 0 radical (unpaired) electrons. The van der Waals surface area contributed by atoms with Gasteiger partial charge in [0.2, 0.25) is 5.91 Å². The van der Waals surface area contributed by atoms with Gasteiger partial charge in [-0.1, -0.05) is 36.4 Å². The molecule has 3 aromatic rings. The number of rotatable bonds is 3. The van der Waals surface area contributed by atoms with Crippen molar-refractivity contribution in [1.29, 1.82) is 0 Å². The fraction of sp³-hybridized carbons (Fsp3) is 0.286. The number of hydrogen-bond acceptors (Lipinski definition) is 4. The number of aromatic nitrogens is 1. The number of amides is 2. The Morgan fingerprint density at radius 2 is 1.85 bits per heavy atom. The molecule has 0 aliphatic carbocycles. The maximum absolute atomic E-state index is 13.0. The summed E-state index contributed by atoms with van der Waals surface area (Å²) in [6.07, 6.45) is 3.10. The van der Waals surface area contributed by atoms with Gasteiger partial charge in [-0.3, -0.25) is 9.59 Å². The Morgan fingerprint density at radius 3 is 2.59 bits per heavy atom. The molecule has 1 fully saturated rings. The van der Waals surface area contributed by atoms with Gasteiger partial charge in [0.15, 0.2) is 5.13 Å². The van der Waals surface area contributed by atoms with Crippen molar-refractivity contribution in [2.45, 2.75) is 19.8 Å². The summed E-state index contributed by atoms with van der Waals surface area (Å²) in [6.45, 7) is 3.15. The summed E-state index contributed by atoms with van der Waals surface area (Å²) >= 11 is 1.48. The summed E-state index contributed by atoms with van der Waals surface area (Å²) in [5.74, 6) is -0.0337. The molecule has 0 bridgehead atoms. The van der Waals surface area contributed by atoms with Crippen molar-refractivity contribution in [1.82, 2.24) is 9.88 Å². The van der Waals surface area contributed by atoms with E-state index in [2.05, 4.69) is 10.3 Å². The van der Waals surface area contributed by atoms with Crippen LogP contribution in [0.2, 0.25) is 0 Å². The van der Waals surface area contributed by atoms with Crippen LogP contribution < -0.4 is 5.32 Å². The van der Waals surface area contributed by atoms with Crippen LogP contribution in [0.25, 0.3) is 10.8 Å². The highest BCUT2D eigenvalue weighted by Gasteiger charge is 2.28. The van der Waals surface area contributed by atoms with Gasteiger partial charge in [-0.05, 0) is 36.6 Å². The molecule has 2 aromatic carbocycles. The van der Waals surface area contributed by atoms with E-state index in [1.165, 1.54) is 11.3 Å². The molecule has 138 valence electrons. The summed E-state index contributed by atoms with van der Waals surface area (Å²) in [5, 5.41) is 5.58. The van der Waals surface area contributed by atoms with Crippen LogP contribution in [0.1, 0.15) is 28.1 Å². The highest BCUT2D eigenvalue weighted by atomic mass is 32.1. The van der Waals surface area contributed by atoms with Crippen LogP contribution in [-0.4, -0.2) is 34.8 Å². The zero-order chi connectivity index (χ0) is 18.8. The Bertz CT molecular complexity index is 985. The van der Waals surface area contributed by atoms with Gasteiger partial charge in [0.05, 0.1) is 0 Å². The van der Waals surface area contributed by atoms with E-state index in [1.807, 2.05) is 54.3 Å². The number of thiazole rings is 1. The second-order valence-electron chi connectivity index (χ2n) is 6.86. The Hall–Kier alpha value is -2.73. The standard InChI is InChI=1S/C21H21N3O2S/c1-14-13-22-21(27-14)23-19(25)16-9-11-24(12-10-16)20(26)18-8-4-6-15-5-2-3-7-17(15)18/h2-8,13,16H,9-12H2,1H3,(H,22,23,25). The summed E-state index contributed by atoms with van der Waals surface area (Å²) in [5.41, 5.74) is 0.731. The molecular weight excluding hydrogens is 358 g/mol. The molecule has 0 atom stereocenters. The minimum atomic E-state index is -0.0780. The number of aryl methyl sites for hydroxylation is 1. The Balaban J connectivity index is 1.41. The first-order valence-corrected chi connectivity index (χ1v) is 9.94. The van der Waals surface area contributed by atoms with E-state index in [4.69, 9.17) is 0 Å². The topological polar surface area (TPSA) is 62.3 Å². The highest BCUT2D eigenvalue weighted by Crippen LogP contribution is 2.25. The number of hydrogen-bond donors (Lipinski definition) is 1. The average molecular weight is 379 g/mol. The molecule has 27 heavy (non-hydrogen) atoms. The monoisotopic (exact) mass is 379 g/mol. The molecule has 0 spiro atoms. The normalized spacial score (nSPS) is 15.1. The molecule has 4 rings (SSSR count). The maximum atomic E-state index is 13.0. The van der Waals surface area contributed by atoms with Crippen molar-refractivity contribution in [2.75, 3.05) is 18.4 Å². The number of carbonyl (C=O) groups excluding carboxylic acids is 2. The first-order valence-electron chi connectivity index (χ1n) is 9.12. The third kappa shape index (κ3) is 3.71. The zero-order valence-corrected chi connectivity index (χ0v) is 16.0. The van der Waals surface area contributed by atoms with Crippen LogP contribution in [-0.2, 0) is 4.79 Å². The van der Waals surface area contributed by atoms with Crippen molar-refractivity contribution >= 4 is 39.1 Å². The van der Waals surface area contributed by atoms with Crippen LogP contribution in [0.4, 0.5) is 5.13 Å². The molecule has 1 saturated heterocycles. The van der Waals surface area contributed by atoms with Crippen LogP contribution in [0.15, 0.2) is 48.7 Å². The number of nitrogens with one attached hydrogen (secondary N) is 1. The SMILES string of the molecule is Cc1cnc(NC(=O)C2CCN(C(=O)c3cccc4ccccc34)CC2)s1. The number of anilines is 1. The van der Waals surface area contributed by atoms with Gasteiger partial charge in [0, 0.05) is 35.6 Å². The molecule has 0 saturated carbocycles. The van der Waals surface area contributed by atoms with Crippen molar-refractivity contribution < 1.29 is 9.59 Å². The van der Waals surface area contributed by atoms with Gasteiger partial charge in [0.1, 0.15) is 0 Å². The molecule has 0 unspecified atom stereocenters. The van der Waals surface area contributed by atoms with E-state index in [-0.39, 0.29) is 17.7 Å². The van der Waals surface area contributed by atoms with Gasteiger partial charge >= 0.3 is 0 Å². The molecule has 6 heteroatoms. The van der Waals surface area contributed by atoms with Crippen LogP contribution in [0.3, 0.4) is 0 Å². The predicted octanol–water partition coefficient (Wildman–Crippen LogP) is 4.10. The molecule has 1 N–H and O–H groups in total. The lowest BCUT2D eigenvalue weighted by atomic mass is 9.95. The number of piperidine rings is 1. The van der Waals surface area contributed by atoms with Crippen molar-refractivity contribution in [3.05, 3.63) is 59.1 Å². The second-order valence-corrected chi connectivity index (χ2v) is 8.09. The molecule has 2 amide bonds. The van der Waals surface area contributed by atoms with E-state index in [0.29, 0.717) is 31.1 Å². The molecule has 1 aliphatic rings. The third-order valence-corrected chi connectivity index (χ3v) is 5.85. The summed E-state index contributed by atoms with van der Waals surface area (Å²) in [4.78, 5) is 32.6. The molecular formula is C21H21N3O2S. The number of benzene rings is 2. The number of likely N-dealkylation sites (tertiary alicyclic amines) is 1. The van der Waals surface area contributed by atoms with E-state index < -0.39 is 0 Å². The molecule has 5 nitrogen and oxygen atoms in total. The smallest absolute Gasteiger partial charge is 0.254 e. The first kappa shape index (κ1) is 17.7. The number of fused-ring (bicyclic) bond motifs is 1. The Morgan fingerprint density at radius 1 is 1.11 bits per heavy atom. The minimum absolute atomic E-state index is 0.00149. The second kappa shape index (κ2) is 7.48. The molecule has 1 aliphatic heterocycles. The van der Waals surface area contributed by atoms with E-state index in [0.717, 1.165) is 21.2 Å². The van der Waals surface area contributed by atoms with E-state index in [9.17, 15) is 9.59 Å². The minimum Gasteiger partial charge on any atom is -0.339 e. The van der Waals surface area contributed by atoms with Gasteiger partial charge in [-0.2, -0.15) is 0 Å². The predicted molar refractivity (Wildman–Crippen MR) is 108 cm³/mol. The fourth-order valence-corrected chi connectivity index (χ4v) is 4.21. The first-order chi connectivity index (χ1) is 13.1. The van der Waals surface area contributed by atoms with E-state index in [1.54, 1.807) is 6.20 Å². The summed E-state index contributed by atoms with van der Waals surface area (Å²) < 4.78 is 0. The van der Waals surface area contributed by atoms with Crippen LogP contribution in [0, 0.1) is 12.8 Å². The lowest BCUT2D eigenvalue weighted by molar-refractivity contribution is -0.121. The molecule has 2 heterocycles. The highest BCUT2D eigenvalue weighted by molar-refractivity contribution is 7.15. The number of nitrogens with zero attached hydrogens (tertiary/aromatic N) is 2. The van der Waals surface area contributed by atoms with Crippen LogP contribution in [0.5, 0.6) is 0 Å². The van der Waals surface area contributed by atoms with Crippen molar-refractivity contribution in [2.24, 2.45) is 5.92 Å². The van der Waals surface area contributed by atoms with Gasteiger partial charge in [-0.25, -0.2) is 4.98 Å². The summed E-state index contributed by atoms with van der Waals surface area (Å²) in [7, 11) is 0. The quantitative estimate of drug-likeness (QED) is 0.745. The van der Waals surface area contributed by atoms with E-state index >= 15 is 0 Å². The largest absolute Gasteiger partial charge is 0.339 e. The van der Waals surface area contributed by atoms with Crippen molar-refractivity contribution in [3.8, 4) is 0 Å². The molecule has 1 aromatic heterocycles. The summed E-state index contributed by atoms with van der Waals surface area (Å²) in [6, 6.07) is 13.8. The number of carbonyl (C=O) groups is 2. The van der Waals surface area contributed by atoms with Gasteiger partial charge in [0.25, 0.3) is 5.91 Å². The fourth-order valence-electron chi connectivity index (χ4n) is 3.55. The van der Waals surface area contributed by atoms with Crippen LogP contribution >= 0.6 is 11.3 Å². The third-order valence-electron chi connectivity index (χ3n) is 5.02. The van der Waals surface area contributed by atoms with Gasteiger partial charge in [-0.15, -0.1) is 11.3 Å². The average Bonchev–Trinajstić information content (AvgIpc) is 3.11. The Kier molecular flexibility index (Phi) is 4.90. The van der Waals surface area contributed by atoms with Gasteiger partial charge < -0.3 is 10.2 Å². The lowest BCUT2D eigenvalue weighted by Gasteiger charge is -2.31. The lowest BCUT2D eigenvalue weighted by Crippen LogP contribution is -2.41.